The van der Waals surface area contributed by atoms with E-state index in [-0.39, 0.29) is 28.1 Å². The number of nitrogens with zero attached hydrogens (tertiary/aromatic N) is 2. The summed E-state index contributed by atoms with van der Waals surface area (Å²) in [6, 6.07) is 18.1. The van der Waals surface area contributed by atoms with Gasteiger partial charge in [-0.1, -0.05) is 53.7 Å². The molecule has 1 unspecified atom stereocenters. The van der Waals surface area contributed by atoms with Crippen LogP contribution in [0.2, 0.25) is 5.02 Å². The Bertz CT molecular complexity index is 1330. The molecule has 1 saturated heterocycles. The molecule has 1 fully saturated rings. The predicted octanol–water partition coefficient (Wildman–Crippen LogP) is 6.11. The number of amides is 1. The first kappa shape index (κ1) is 26.6. The van der Waals surface area contributed by atoms with Crippen molar-refractivity contribution in [2.24, 2.45) is 10.2 Å². The van der Waals surface area contributed by atoms with Crippen molar-refractivity contribution in [3.8, 4) is 11.5 Å². The Labute approximate surface area is 220 Å². The largest absolute Gasteiger partial charge is 0.493 e. The highest BCUT2D eigenvalue weighted by Gasteiger charge is 2.34. The number of carbonyl (C=O) groups excluding carboxylic acids is 1. The number of methoxy groups -OCH3 is 1. The van der Waals surface area contributed by atoms with Gasteiger partial charge in [-0.15, -0.1) is 5.10 Å². The number of benzene rings is 3. The normalized spacial score (nSPS) is 16.8. The maximum absolute atomic E-state index is 13.0. The second-order valence-electron chi connectivity index (χ2n) is 7.94. The second-order valence-corrected chi connectivity index (χ2v) is 9.54. The van der Waals surface area contributed by atoms with Crippen molar-refractivity contribution in [1.29, 1.82) is 0 Å². The van der Waals surface area contributed by atoms with Crippen LogP contribution in [0.15, 0.2) is 76.9 Å². The molecule has 3 aromatic rings. The monoisotopic (exact) mass is 547 g/mol. The number of halogens is 4. The van der Waals surface area contributed by atoms with Crippen molar-refractivity contribution in [3.63, 3.8) is 0 Å². The summed E-state index contributed by atoms with van der Waals surface area (Å²) in [5.41, 5.74) is 1.13. The molecule has 1 heterocycles. The third kappa shape index (κ3) is 7.05. The predicted molar refractivity (Wildman–Crippen MR) is 138 cm³/mol. The summed E-state index contributed by atoms with van der Waals surface area (Å²) in [6.45, 7) is 0.391. The Kier molecular flexibility index (Phi) is 8.40. The van der Waals surface area contributed by atoms with E-state index >= 15 is 0 Å². The van der Waals surface area contributed by atoms with Crippen LogP contribution in [0.25, 0.3) is 0 Å². The number of alkyl halides is 3. The lowest BCUT2D eigenvalue weighted by molar-refractivity contribution is -0.137. The topological polar surface area (TPSA) is 72.3 Å². The van der Waals surface area contributed by atoms with Crippen LogP contribution in [0.3, 0.4) is 0 Å². The molecule has 0 bridgehead atoms. The van der Waals surface area contributed by atoms with E-state index in [2.05, 4.69) is 15.5 Å². The number of rotatable bonds is 8. The average Bonchev–Trinajstić information content (AvgIpc) is 3.23. The number of hydrogen-bond acceptors (Lipinski definition) is 6. The molecule has 192 valence electrons. The summed E-state index contributed by atoms with van der Waals surface area (Å²) in [7, 11) is 1.54. The number of carbonyl (C=O) groups is 1. The number of ether oxygens (including phenoxy) is 2. The molecular formula is C26H21ClF3N3O3S. The van der Waals surface area contributed by atoms with E-state index < -0.39 is 17.0 Å². The van der Waals surface area contributed by atoms with Crippen molar-refractivity contribution in [2.45, 2.75) is 24.5 Å². The summed E-state index contributed by atoms with van der Waals surface area (Å²) in [5.74, 6) is 0.715. The van der Waals surface area contributed by atoms with Gasteiger partial charge in [0.25, 0.3) is 0 Å². The SMILES string of the molecule is COc1cc(/C=N/N=C2\NC(=O)C(Cc3cc(C(F)(F)F)ccc3Cl)S2)ccc1OCc1ccccc1. The quantitative estimate of drug-likeness (QED) is 0.273. The van der Waals surface area contributed by atoms with Gasteiger partial charge in [0, 0.05) is 5.02 Å². The van der Waals surface area contributed by atoms with E-state index in [1.165, 1.54) is 19.4 Å². The lowest BCUT2D eigenvalue weighted by atomic mass is 10.1. The molecule has 37 heavy (non-hydrogen) atoms. The first-order valence-corrected chi connectivity index (χ1v) is 12.3. The molecule has 1 aliphatic heterocycles. The Morgan fingerprint density at radius 2 is 1.86 bits per heavy atom. The van der Waals surface area contributed by atoms with Gasteiger partial charge in [-0.2, -0.15) is 18.3 Å². The minimum atomic E-state index is -4.50. The number of amidine groups is 1. The van der Waals surface area contributed by atoms with Gasteiger partial charge in [-0.3, -0.25) is 4.79 Å². The van der Waals surface area contributed by atoms with Crippen LogP contribution in [0.5, 0.6) is 11.5 Å². The zero-order chi connectivity index (χ0) is 26.4. The van der Waals surface area contributed by atoms with E-state index in [0.717, 1.165) is 29.5 Å². The van der Waals surface area contributed by atoms with Crippen molar-refractivity contribution < 1.29 is 27.4 Å². The van der Waals surface area contributed by atoms with Crippen LogP contribution in [0.1, 0.15) is 22.3 Å². The molecule has 3 aromatic carbocycles. The number of thioether (sulfide) groups is 1. The Morgan fingerprint density at radius 3 is 2.59 bits per heavy atom. The molecule has 4 rings (SSSR count). The molecule has 0 aliphatic carbocycles. The first-order chi connectivity index (χ1) is 17.7. The van der Waals surface area contributed by atoms with Gasteiger partial charge in [0.1, 0.15) is 6.61 Å². The fourth-order valence-electron chi connectivity index (χ4n) is 3.46. The molecule has 0 aromatic heterocycles. The Morgan fingerprint density at radius 1 is 1.08 bits per heavy atom. The molecule has 1 amide bonds. The molecule has 0 radical (unpaired) electrons. The van der Waals surface area contributed by atoms with Crippen molar-refractivity contribution >= 4 is 40.7 Å². The molecule has 11 heteroatoms. The Balaban J connectivity index is 1.39. The van der Waals surface area contributed by atoms with Gasteiger partial charge in [0.2, 0.25) is 5.91 Å². The van der Waals surface area contributed by atoms with Crippen LogP contribution >= 0.6 is 23.4 Å². The van der Waals surface area contributed by atoms with Gasteiger partial charge in [0.05, 0.1) is 24.1 Å². The molecule has 6 nitrogen and oxygen atoms in total. The van der Waals surface area contributed by atoms with Gasteiger partial charge >= 0.3 is 6.18 Å². The van der Waals surface area contributed by atoms with Gasteiger partial charge in [-0.25, -0.2) is 0 Å². The average molecular weight is 548 g/mol. The zero-order valence-corrected chi connectivity index (χ0v) is 21.0. The van der Waals surface area contributed by atoms with Gasteiger partial charge in [0.15, 0.2) is 16.7 Å². The van der Waals surface area contributed by atoms with Crippen molar-refractivity contribution in [3.05, 3.63) is 94.0 Å². The van der Waals surface area contributed by atoms with Crippen LogP contribution in [-0.2, 0) is 24.0 Å². The molecular weight excluding hydrogens is 527 g/mol. The van der Waals surface area contributed by atoms with E-state index in [9.17, 15) is 18.0 Å². The summed E-state index contributed by atoms with van der Waals surface area (Å²) in [5, 5.41) is 10.4. The van der Waals surface area contributed by atoms with E-state index in [1.54, 1.807) is 18.2 Å². The Hall–Kier alpha value is -3.50. The van der Waals surface area contributed by atoms with Crippen LogP contribution in [0.4, 0.5) is 13.2 Å². The lowest BCUT2D eigenvalue weighted by Crippen LogP contribution is -2.26. The van der Waals surface area contributed by atoms with Crippen LogP contribution in [-0.4, -0.2) is 29.6 Å². The zero-order valence-electron chi connectivity index (χ0n) is 19.5. The summed E-state index contributed by atoms with van der Waals surface area (Å²) < 4.78 is 50.4. The minimum Gasteiger partial charge on any atom is -0.493 e. The summed E-state index contributed by atoms with van der Waals surface area (Å²) in [6.07, 6.45) is -3.00. The number of hydrogen-bond donors (Lipinski definition) is 1. The highest BCUT2D eigenvalue weighted by Crippen LogP contribution is 2.34. The third-order valence-corrected chi connectivity index (χ3v) is 6.78. The van der Waals surface area contributed by atoms with E-state index in [4.69, 9.17) is 21.1 Å². The van der Waals surface area contributed by atoms with Crippen LogP contribution in [0, 0.1) is 0 Å². The molecule has 1 N–H and O–H groups in total. The van der Waals surface area contributed by atoms with Gasteiger partial charge < -0.3 is 14.8 Å². The van der Waals surface area contributed by atoms with E-state index in [0.29, 0.717) is 23.7 Å². The molecule has 0 saturated carbocycles. The molecule has 0 spiro atoms. The first-order valence-electron chi connectivity index (χ1n) is 11.0. The number of nitrogens with one attached hydrogen (secondary N) is 1. The lowest BCUT2D eigenvalue weighted by Gasteiger charge is -2.12. The summed E-state index contributed by atoms with van der Waals surface area (Å²) >= 11 is 7.14. The maximum atomic E-state index is 13.0. The van der Waals surface area contributed by atoms with Crippen LogP contribution < -0.4 is 14.8 Å². The third-order valence-electron chi connectivity index (χ3n) is 5.34. The van der Waals surface area contributed by atoms with Gasteiger partial charge in [-0.05, 0) is 59.5 Å². The molecule has 1 aliphatic rings. The molecule has 1 atom stereocenters. The fourth-order valence-corrected chi connectivity index (χ4v) is 4.61. The second kappa shape index (κ2) is 11.7. The highest BCUT2D eigenvalue weighted by atomic mass is 35.5. The smallest absolute Gasteiger partial charge is 0.416 e. The minimum absolute atomic E-state index is 0.0175. The highest BCUT2D eigenvalue weighted by molar-refractivity contribution is 8.15. The standard InChI is InChI=1S/C26H21ClF3N3O3S/c1-35-22-11-17(7-10-21(22)36-15-16-5-3-2-4-6-16)14-31-33-25-32-24(34)23(37-25)13-18-12-19(26(28,29)30)8-9-20(18)27/h2-12,14,23H,13,15H2,1H3,(H,32,33,34)/b31-14+. The van der Waals surface area contributed by atoms with E-state index in [1.807, 2.05) is 30.3 Å². The fraction of sp³-hybridized carbons (Fsp3) is 0.192. The summed E-state index contributed by atoms with van der Waals surface area (Å²) in [4.78, 5) is 12.3. The maximum Gasteiger partial charge on any atom is 0.416 e. The van der Waals surface area contributed by atoms with Crippen molar-refractivity contribution in [2.75, 3.05) is 7.11 Å². The van der Waals surface area contributed by atoms with Crippen molar-refractivity contribution in [1.82, 2.24) is 5.32 Å².